The van der Waals surface area contributed by atoms with Crippen LogP contribution in [-0.2, 0) is 37.3 Å². The molecule has 0 spiro atoms. The van der Waals surface area contributed by atoms with E-state index in [0.29, 0.717) is 19.0 Å². The summed E-state index contributed by atoms with van der Waals surface area (Å²) in [6.45, 7) is 7.01. The number of nitrogens with zero attached hydrogens (tertiary/aromatic N) is 3. The Morgan fingerprint density at radius 3 is 1.73 bits per heavy atom. The first kappa shape index (κ1) is 37.2. The number of hydrogen-bond acceptors (Lipinski definition) is 9. The summed E-state index contributed by atoms with van der Waals surface area (Å²) >= 11 is 0. The van der Waals surface area contributed by atoms with Gasteiger partial charge in [0.25, 0.3) is 0 Å². The molecule has 266 valence electrons. The van der Waals surface area contributed by atoms with E-state index >= 15 is 0 Å². The molecule has 0 atom stereocenters. The molecular formula is C40H44F2N6O3. The van der Waals surface area contributed by atoms with Crippen LogP contribution in [0.4, 0.5) is 8.78 Å². The highest BCUT2D eigenvalue weighted by molar-refractivity contribution is 5.87. The predicted molar refractivity (Wildman–Crippen MR) is 193 cm³/mol. The van der Waals surface area contributed by atoms with Crippen molar-refractivity contribution in [1.82, 2.24) is 30.8 Å². The van der Waals surface area contributed by atoms with E-state index in [9.17, 15) is 13.6 Å². The van der Waals surface area contributed by atoms with Gasteiger partial charge in [-0.25, -0.2) is 23.5 Å². The highest BCUT2D eigenvalue weighted by Gasteiger charge is 2.10. The molecule has 2 aromatic heterocycles. The number of benzene rings is 3. The van der Waals surface area contributed by atoms with Crippen LogP contribution in [0.3, 0.4) is 0 Å². The van der Waals surface area contributed by atoms with Crippen molar-refractivity contribution in [3.63, 3.8) is 0 Å². The minimum atomic E-state index is -0.528. The van der Waals surface area contributed by atoms with E-state index in [1.54, 1.807) is 54.7 Å². The molecule has 51 heavy (non-hydrogen) atoms. The number of nitrogens with one attached hydrogen (secondary N) is 3. The van der Waals surface area contributed by atoms with E-state index in [0.717, 1.165) is 68.9 Å². The lowest BCUT2D eigenvalue weighted by molar-refractivity contribution is 0.0593. The molecule has 0 fully saturated rings. The number of halogens is 2. The molecule has 2 heterocycles. The maximum absolute atomic E-state index is 13.3. The van der Waals surface area contributed by atoms with Gasteiger partial charge in [0.2, 0.25) is 11.8 Å². The normalized spacial score (nSPS) is 11.1. The van der Waals surface area contributed by atoms with Gasteiger partial charge in [0, 0.05) is 70.7 Å². The molecule has 0 aliphatic heterocycles. The van der Waals surface area contributed by atoms with Gasteiger partial charge in [-0.1, -0.05) is 60.7 Å². The van der Waals surface area contributed by atoms with Crippen LogP contribution in [0.2, 0.25) is 0 Å². The molecule has 0 radical (unpaired) electrons. The number of ether oxygens (including phenoxy) is 2. The van der Waals surface area contributed by atoms with Crippen LogP contribution < -0.4 is 20.7 Å². The number of rotatable bonds is 20. The van der Waals surface area contributed by atoms with Gasteiger partial charge in [0.1, 0.15) is 11.6 Å². The first-order chi connectivity index (χ1) is 24.9. The quantitative estimate of drug-likeness (QED) is 0.0665. The second-order valence-electron chi connectivity index (χ2n) is 12.1. The van der Waals surface area contributed by atoms with Gasteiger partial charge in [0.05, 0.1) is 7.11 Å². The Bertz CT molecular complexity index is 1720. The average molecular weight is 695 g/mol. The van der Waals surface area contributed by atoms with Crippen LogP contribution in [-0.4, -0.2) is 60.7 Å². The Morgan fingerprint density at radius 2 is 1.18 bits per heavy atom. The fraction of sp³-hybridized carbons (Fsp3) is 0.275. The van der Waals surface area contributed by atoms with Gasteiger partial charge in [0.15, 0.2) is 5.69 Å². The Kier molecular flexibility index (Phi) is 14.5. The van der Waals surface area contributed by atoms with Crippen molar-refractivity contribution in [1.29, 1.82) is 0 Å². The molecule has 0 aliphatic rings. The van der Waals surface area contributed by atoms with Gasteiger partial charge < -0.3 is 25.4 Å². The van der Waals surface area contributed by atoms with E-state index < -0.39 is 5.97 Å². The summed E-state index contributed by atoms with van der Waals surface area (Å²) in [6.07, 6.45) is 2.58. The van der Waals surface area contributed by atoms with Crippen molar-refractivity contribution in [2.75, 3.05) is 39.8 Å². The standard InChI is InChI=1S/C40H44F2N6O3/c1-50-40(49)37-3-2-4-39(47-37)51-38-18-13-33(28-46-38)19-20-43-25-30-5-7-34(8-6-30)29-48(23-21-44-26-31-9-14-35(41)15-10-31)24-22-45-27-32-11-16-36(42)17-12-32/h2-18,28,43-45H,19-27,29H2,1H3. The smallest absolute Gasteiger partial charge is 0.356 e. The summed E-state index contributed by atoms with van der Waals surface area (Å²) in [4.78, 5) is 22.6. The minimum Gasteiger partial charge on any atom is -0.464 e. The topological polar surface area (TPSA) is 101 Å². The third kappa shape index (κ3) is 13.0. The molecule has 3 aromatic carbocycles. The van der Waals surface area contributed by atoms with Crippen molar-refractivity contribution in [2.45, 2.75) is 32.6 Å². The number of carbonyl (C=O) groups is 1. The summed E-state index contributed by atoms with van der Waals surface area (Å²) in [6, 6.07) is 30.5. The maximum Gasteiger partial charge on any atom is 0.356 e. The van der Waals surface area contributed by atoms with Crippen molar-refractivity contribution < 1.29 is 23.0 Å². The van der Waals surface area contributed by atoms with Crippen LogP contribution in [0.5, 0.6) is 11.8 Å². The number of carbonyl (C=O) groups excluding carboxylic acids is 1. The number of esters is 1. The monoisotopic (exact) mass is 694 g/mol. The van der Waals surface area contributed by atoms with Gasteiger partial charge in [-0.3, -0.25) is 4.90 Å². The zero-order valence-corrected chi connectivity index (χ0v) is 28.8. The minimum absolute atomic E-state index is 0.169. The molecule has 9 nitrogen and oxygen atoms in total. The second-order valence-corrected chi connectivity index (χ2v) is 12.1. The second kappa shape index (κ2) is 19.9. The molecule has 0 bridgehead atoms. The summed E-state index contributed by atoms with van der Waals surface area (Å²) < 4.78 is 36.9. The highest BCUT2D eigenvalue weighted by Crippen LogP contribution is 2.18. The van der Waals surface area contributed by atoms with Crippen LogP contribution >= 0.6 is 0 Å². The van der Waals surface area contributed by atoms with Crippen LogP contribution in [0.1, 0.15) is 38.3 Å². The van der Waals surface area contributed by atoms with Crippen LogP contribution in [0.15, 0.2) is 109 Å². The van der Waals surface area contributed by atoms with Crippen LogP contribution in [0, 0.1) is 11.6 Å². The van der Waals surface area contributed by atoms with Gasteiger partial charge in [-0.2, -0.15) is 0 Å². The lowest BCUT2D eigenvalue weighted by atomic mass is 10.1. The molecule has 0 amide bonds. The average Bonchev–Trinajstić information content (AvgIpc) is 3.16. The molecule has 0 saturated heterocycles. The fourth-order valence-electron chi connectivity index (χ4n) is 5.32. The summed E-state index contributed by atoms with van der Waals surface area (Å²) in [5.41, 5.74) is 5.77. The molecule has 11 heteroatoms. The Balaban J connectivity index is 1.04. The SMILES string of the molecule is COC(=O)c1cccc(Oc2ccc(CCNCc3ccc(CN(CCNCc4ccc(F)cc4)CCNCc4ccc(F)cc4)cc3)cn2)n1. The van der Waals surface area contributed by atoms with E-state index in [4.69, 9.17) is 9.47 Å². The molecule has 0 aliphatic carbocycles. The largest absolute Gasteiger partial charge is 0.464 e. The number of pyridine rings is 2. The lowest BCUT2D eigenvalue weighted by Crippen LogP contribution is -2.36. The predicted octanol–water partition coefficient (Wildman–Crippen LogP) is 6.05. The van der Waals surface area contributed by atoms with Gasteiger partial charge in [-0.05, 0) is 71.1 Å². The Labute approximate surface area is 298 Å². The molecule has 0 saturated carbocycles. The first-order valence-electron chi connectivity index (χ1n) is 17.0. The Morgan fingerprint density at radius 1 is 0.647 bits per heavy atom. The van der Waals surface area contributed by atoms with Crippen LogP contribution in [0.25, 0.3) is 0 Å². The Hall–Kier alpha value is -5.07. The molecule has 5 aromatic rings. The fourth-order valence-corrected chi connectivity index (χ4v) is 5.32. The summed E-state index contributed by atoms with van der Waals surface area (Å²) in [7, 11) is 1.31. The summed E-state index contributed by atoms with van der Waals surface area (Å²) in [5, 5.41) is 10.5. The highest BCUT2D eigenvalue weighted by atomic mass is 19.1. The van der Waals surface area contributed by atoms with E-state index in [1.807, 2.05) is 6.07 Å². The lowest BCUT2D eigenvalue weighted by Gasteiger charge is -2.23. The summed E-state index contributed by atoms with van der Waals surface area (Å²) in [5.74, 6) is -0.328. The molecular weight excluding hydrogens is 650 g/mol. The first-order valence-corrected chi connectivity index (χ1v) is 17.0. The molecule has 3 N–H and O–H groups in total. The van der Waals surface area contributed by atoms with E-state index in [-0.39, 0.29) is 23.2 Å². The number of hydrogen-bond donors (Lipinski definition) is 3. The van der Waals surface area contributed by atoms with Gasteiger partial charge in [-0.15, -0.1) is 0 Å². The zero-order valence-electron chi connectivity index (χ0n) is 28.8. The third-order valence-electron chi connectivity index (χ3n) is 8.17. The zero-order chi connectivity index (χ0) is 35.7. The number of aromatic nitrogens is 2. The van der Waals surface area contributed by atoms with E-state index in [1.165, 1.54) is 42.5 Å². The van der Waals surface area contributed by atoms with Crippen molar-refractivity contribution in [3.05, 3.63) is 154 Å². The van der Waals surface area contributed by atoms with Crippen molar-refractivity contribution in [3.8, 4) is 11.8 Å². The van der Waals surface area contributed by atoms with Gasteiger partial charge >= 0.3 is 5.97 Å². The third-order valence-corrected chi connectivity index (χ3v) is 8.17. The van der Waals surface area contributed by atoms with Crippen molar-refractivity contribution >= 4 is 5.97 Å². The van der Waals surface area contributed by atoms with E-state index in [2.05, 4.69) is 55.1 Å². The maximum atomic E-state index is 13.3. The molecule has 5 rings (SSSR count). The molecule has 0 unspecified atom stereocenters. The number of methoxy groups -OCH3 is 1. The van der Waals surface area contributed by atoms with Crippen molar-refractivity contribution in [2.24, 2.45) is 0 Å².